The number of rotatable bonds is 0. The minimum atomic E-state index is 0.707. The zero-order valence-corrected chi connectivity index (χ0v) is 6.95. The van der Waals surface area contributed by atoms with Crippen LogP contribution in [0.25, 0.3) is 0 Å². The van der Waals surface area contributed by atoms with Crippen LogP contribution in [-0.4, -0.2) is 9.97 Å². The summed E-state index contributed by atoms with van der Waals surface area (Å²) in [6.07, 6.45) is 2.54. The van der Waals surface area contributed by atoms with E-state index in [0.29, 0.717) is 5.88 Å². The van der Waals surface area contributed by atoms with Gasteiger partial charge in [-0.2, -0.15) is 0 Å². The molecule has 0 fully saturated rings. The molecular weight excluding hydrogens is 164 g/mol. The van der Waals surface area contributed by atoms with Gasteiger partial charge in [0.05, 0.1) is 12.0 Å². The predicted octanol–water partition coefficient (Wildman–Crippen LogP) is 2.11. The Morgan fingerprint density at radius 1 is 1.31 bits per heavy atom. The fourth-order valence-electron chi connectivity index (χ4n) is 1.57. The van der Waals surface area contributed by atoms with E-state index in [4.69, 9.17) is 4.74 Å². The van der Waals surface area contributed by atoms with Crippen LogP contribution in [0.4, 0.5) is 0 Å². The minimum Gasteiger partial charge on any atom is -0.437 e. The highest BCUT2D eigenvalue weighted by atomic mass is 16.5. The molecular formula is C10H8N2O. The van der Waals surface area contributed by atoms with Crippen molar-refractivity contribution in [1.29, 1.82) is 0 Å². The van der Waals surface area contributed by atoms with Crippen LogP contribution < -0.4 is 4.74 Å². The van der Waals surface area contributed by atoms with Crippen molar-refractivity contribution in [3.05, 3.63) is 41.9 Å². The monoisotopic (exact) mass is 172 g/mol. The number of aromatic amines is 1. The van der Waals surface area contributed by atoms with Gasteiger partial charge in [-0.15, -0.1) is 0 Å². The van der Waals surface area contributed by atoms with Crippen molar-refractivity contribution in [2.75, 3.05) is 0 Å². The van der Waals surface area contributed by atoms with Crippen LogP contribution in [0.1, 0.15) is 11.3 Å². The SMILES string of the molecule is c1ccc2c(c1)Cc1[nH]cnc1O2. The minimum absolute atomic E-state index is 0.707. The molecule has 0 aliphatic carbocycles. The standard InChI is InChI=1S/C10H8N2O/c1-2-4-9-7(3-1)5-8-10(13-9)12-6-11-8/h1-4,6H,5H2,(H,11,12). The fourth-order valence-corrected chi connectivity index (χ4v) is 1.57. The van der Waals surface area contributed by atoms with Crippen LogP contribution in [0.2, 0.25) is 0 Å². The van der Waals surface area contributed by atoms with Crippen LogP contribution in [-0.2, 0) is 6.42 Å². The first-order valence-electron chi connectivity index (χ1n) is 4.21. The maximum Gasteiger partial charge on any atom is 0.240 e. The lowest BCUT2D eigenvalue weighted by Crippen LogP contribution is -2.01. The Labute approximate surface area is 75.4 Å². The average Bonchev–Trinajstić information content (AvgIpc) is 2.61. The van der Waals surface area contributed by atoms with Crippen molar-refractivity contribution >= 4 is 0 Å². The van der Waals surface area contributed by atoms with Gasteiger partial charge in [-0.25, -0.2) is 4.98 Å². The predicted molar refractivity (Wildman–Crippen MR) is 47.9 cm³/mol. The highest BCUT2D eigenvalue weighted by Gasteiger charge is 2.17. The zero-order valence-electron chi connectivity index (χ0n) is 6.95. The summed E-state index contributed by atoms with van der Waals surface area (Å²) in [7, 11) is 0. The van der Waals surface area contributed by atoms with Crippen molar-refractivity contribution in [1.82, 2.24) is 9.97 Å². The topological polar surface area (TPSA) is 37.9 Å². The Hall–Kier alpha value is -1.77. The van der Waals surface area contributed by atoms with Gasteiger partial charge in [-0.3, -0.25) is 0 Å². The molecule has 1 aliphatic rings. The molecule has 0 spiro atoms. The molecule has 0 unspecified atom stereocenters. The first kappa shape index (κ1) is 6.71. The van der Waals surface area contributed by atoms with E-state index in [1.165, 1.54) is 5.56 Å². The molecule has 0 saturated carbocycles. The molecule has 1 N–H and O–H groups in total. The van der Waals surface area contributed by atoms with Gasteiger partial charge in [0.1, 0.15) is 5.75 Å². The summed E-state index contributed by atoms with van der Waals surface area (Å²) in [6, 6.07) is 8.02. The Morgan fingerprint density at radius 2 is 2.23 bits per heavy atom. The van der Waals surface area contributed by atoms with E-state index in [0.717, 1.165) is 17.9 Å². The number of benzene rings is 1. The van der Waals surface area contributed by atoms with Gasteiger partial charge in [-0.1, -0.05) is 18.2 Å². The molecule has 0 atom stereocenters. The number of aromatic nitrogens is 2. The van der Waals surface area contributed by atoms with Crippen LogP contribution in [0.3, 0.4) is 0 Å². The molecule has 0 bridgehead atoms. The maximum atomic E-state index is 5.58. The smallest absolute Gasteiger partial charge is 0.240 e. The summed E-state index contributed by atoms with van der Waals surface area (Å²) in [5.74, 6) is 1.63. The summed E-state index contributed by atoms with van der Waals surface area (Å²) >= 11 is 0. The highest BCUT2D eigenvalue weighted by Crippen LogP contribution is 2.33. The van der Waals surface area contributed by atoms with Crippen molar-refractivity contribution in [2.24, 2.45) is 0 Å². The number of imidazole rings is 1. The number of ether oxygens (including phenoxy) is 1. The Morgan fingerprint density at radius 3 is 3.23 bits per heavy atom. The lowest BCUT2D eigenvalue weighted by Gasteiger charge is -2.14. The van der Waals surface area contributed by atoms with Crippen LogP contribution in [0, 0.1) is 0 Å². The summed E-state index contributed by atoms with van der Waals surface area (Å²) in [6.45, 7) is 0. The van der Waals surface area contributed by atoms with E-state index < -0.39 is 0 Å². The molecule has 1 aromatic carbocycles. The molecule has 3 rings (SSSR count). The lowest BCUT2D eigenvalue weighted by molar-refractivity contribution is 0.443. The first-order chi connectivity index (χ1) is 6.43. The van der Waals surface area contributed by atoms with Gasteiger partial charge < -0.3 is 9.72 Å². The Bertz CT molecular complexity index is 408. The van der Waals surface area contributed by atoms with E-state index in [9.17, 15) is 0 Å². The summed E-state index contributed by atoms with van der Waals surface area (Å²) < 4.78 is 5.58. The van der Waals surface area contributed by atoms with Gasteiger partial charge in [0.2, 0.25) is 5.88 Å². The van der Waals surface area contributed by atoms with Crippen LogP contribution >= 0.6 is 0 Å². The number of fused-ring (bicyclic) bond motifs is 2. The molecule has 64 valence electrons. The lowest BCUT2D eigenvalue weighted by atomic mass is 10.1. The van der Waals surface area contributed by atoms with E-state index in [2.05, 4.69) is 16.0 Å². The van der Waals surface area contributed by atoms with Gasteiger partial charge in [-0.05, 0) is 6.07 Å². The van der Waals surface area contributed by atoms with E-state index >= 15 is 0 Å². The summed E-state index contributed by atoms with van der Waals surface area (Å²) in [5, 5.41) is 0. The third-order valence-electron chi connectivity index (χ3n) is 2.23. The maximum absolute atomic E-state index is 5.58. The number of hydrogen-bond donors (Lipinski definition) is 1. The van der Waals surface area contributed by atoms with Crippen LogP contribution in [0.5, 0.6) is 11.6 Å². The van der Waals surface area contributed by atoms with Gasteiger partial charge in [0.15, 0.2) is 0 Å². The van der Waals surface area contributed by atoms with E-state index in [1.807, 2.05) is 18.2 Å². The normalized spacial score (nSPS) is 12.9. The van der Waals surface area contributed by atoms with Crippen molar-refractivity contribution in [3.63, 3.8) is 0 Å². The Kier molecular flexibility index (Phi) is 1.22. The molecule has 0 radical (unpaired) electrons. The third-order valence-corrected chi connectivity index (χ3v) is 2.23. The largest absolute Gasteiger partial charge is 0.437 e. The first-order valence-corrected chi connectivity index (χ1v) is 4.21. The van der Waals surface area contributed by atoms with Crippen LogP contribution in [0.15, 0.2) is 30.6 Å². The quantitative estimate of drug-likeness (QED) is 0.564. The van der Waals surface area contributed by atoms with E-state index in [1.54, 1.807) is 6.33 Å². The summed E-state index contributed by atoms with van der Waals surface area (Å²) in [4.78, 5) is 7.14. The molecule has 1 aromatic heterocycles. The second-order valence-corrected chi connectivity index (χ2v) is 3.07. The zero-order chi connectivity index (χ0) is 8.67. The number of para-hydroxylation sites is 1. The summed E-state index contributed by atoms with van der Waals surface area (Å²) in [5.41, 5.74) is 2.26. The number of nitrogens with zero attached hydrogens (tertiary/aromatic N) is 1. The number of H-pyrrole nitrogens is 1. The Balaban J connectivity index is 2.14. The van der Waals surface area contributed by atoms with E-state index in [-0.39, 0.29) is 0 Å². The molecule has 0 amide bonds. The fraction of sp³-hybridized carbons (Fsp3) is 0.100. The molecule has 3 nitrogen and oxygen atoms in total. The molecule has 2 aromatic rings. The van der Waals surface area contributed by atoms with Gasteiger partial charge in [0, 0.05) is 12.0 Å². The third kappa shape index (κ3) is 0.935. The second-order valence-electron chi connectivity index (χ2n) is 3.07. The molecule has 1 aliphatic heterocycles. The number of hydrogen-bond acceptors (Lipinski definition) is 2. The van der Waals surface area contributed by atoms with Crippen molar-refractivity contribution < 1.29 is 4.74 Å². The molecule has 2 heterocycles. The second kappa shape index (κ2) is 2.36. The molecule has 3 heteroatoms. The van der Waals surface area contributed by atoms with Crippen molar-refractivity contribution in [3.8, 4) is 11.6 Å². The molecule has 0 saturated heterocycles. The van der Waals surface area contributed by atoms with Crippen molar-refractivity contribution in [2.45, 2.75) is 6.42 Å². The highest BCUT2D eigenvalue weighted by molar-refractivity contribution is 5.44. The average molecular weight is 172 g/mol. The number of nitrogens with one attached hydrogen (secondary N) is 1. The van der Waals surface area contributed by atoms with Gasteiger partial charge >= 0.3 is 0 Å². The van der Waals surface area contributed by atoms with Gasteiger partial charge in [0.25, 0.3) is 0 Å². The molecule has 13 heavy (non-hydrogen) atoms.